The van der Waals surface area contributed by atoms with Crippen LogP contribution in [0.5, 0.6) is 0 Å². The van der Waals surface area contributed by atoms with Crippen LogP contribution in [0.4, 0.5) is 0 Å². The first-order valence-corrected chi connectivity index (χ1v) is 9.15. The number of ether oxygens (including phenoxy) is 1. The van der Waals surface area contributed by atoms with Crippen LogP contribution in [0.1, 0.15) is 19.4 Å². The second-order valence-electron chi connectivity index (χ2n) is 5.89. The Morgan fingerprint density at radius 3 is 2.59 bits per heavy atom. The number of esters is 1. The number of benzene rings is 2. The normalized spacial score (nSPS) is 12.4. The average molecular weight is 379 g/mol. The molecule has 0 fully saturated rings. The number of para-hydroxylation sites is 2. The standard InChI is InChI=1S/C22H19ClN2O2/c1-3-25-20-11-6-5-8-16(20)17-9-7-10-18(21(17)25)19(23)13-12-15(14-24)22(26)27-4-2/h5-13H,3-4H2,1-2H3. The van der Waals surface area contributed by atoms with Crippen molar-refractivity contribution in [3.8, 4) is 6.07 Å². The Kier molecular flexibility index (Phi) is 5.63. The van der Waals surface area contributed by atoms with Gasteiger partial charge in [-0.25, -0.2) is 4.79 Å². The van der Waals surface area contributed by atoms with Crippen molar-refractivity contribution in [2.75, 3.05) is 6.61 Å². The van der Waals surface area contributed by atoms with Crippen LogP contribution >= 0.6 is 11.6 Å². The lowest BCUT2D eigenvalue weighted by Gasteiger charge is -2.08. The van der Waals surface area contributed by atoms with E-state index in [0.717, 1.165) is 28.5 Å². The number of nitrogens with zero attached hydrogens (tertiary/aromatic N) is 2. The van der Waals surface area contributed by atoms with Gasteiger partial charge >= 0.3 is 5.97 Å². The molecule has 4 nitrogen and oxygen atoms in total. The fourth-order valence-corrected chi connectivity index (χ4v) is 3.45. The lowest BCUT2D eigenvalue weighted by molar-refractivity contribution is -0.138. The van der Waals surface area contributed by atoms with E-state index >= 15 is 0 Å². The molecule has 0 N–H and O–H groups in total. The molecule has 0 radical (unpaired) electrons. The van der Waals surface area contributed by atoms with Gasteiger partial charge < -0.3 is 9.30 Å². The van der Waals surface area contributed by atoms with Gasteiger partial charge in [-0.15, -0.1) is 0 Å². The molecule has 3 rings (SSSR count). The van der Waals surface area contributed by atoms with E-state index in [9.17, 15) is 4.79 Å². The van der Waals surface area contributed by atoms with Gasteiger partial charge in [0.1, 0.15) is 11.6 Å². The van der Waals surface area contributed by atoms with Gasteiger partial charge in [-0.05, 0) is 32.1 Å². The van der Waals surface area contributed by atoms with Gasteiger partial charge in [0, 0.05) is 33.4 Å². The van der Waals surface area contributed by atoms with Gasteiger partial charge in [0.05, 0.1) is 12.1 Å². The van der Waals surface area contributed by atoms with Crippen molar-refractivity contribution in [2.24, 2.45) is 0 Å². The number of fused-ring (bicyclic) bond motifs is 3. The van der Waals surface area contributed by atoms with Crippen molar-refractivity contribution in [1.29, 1.82) is 5.26 Å². The monoisotopic (exact) mass is 378 g/mol. The van der Waals surface area contributed by atoms with Gasteiger partial charge in [-0.1, -0.05) is 48.0 Å². The van der Waals surface area contributed by atoms with E-state index in [1.54, 1.807) is 13.0 Å². The zero-order chi connectivity index (χ0) is 19.4. The Morgan fingerprint density at radius 1 is 1.15 bits per heavy atom. The van der Waals surface area contributed by atoms with Crippen molar-refractivity contribution < 1.29 is 9.53 Å². The minimum absolute atomic E-state index is 0.0850. The van der Waals surface area contributed by atoms with E-state index in [2.05, 4.69) is 29.7 Å². The third-order valence-electron chi connectivity index (χ3n) is 4.38. The van der Waals surface area contributed by atoms with Crippen LogP contribution in [0.15, 0.2) is 60.2 Å². The topological polar surface area (TPSA) is 55.0 Å². The molecule has 0 saturated carbocycles. The highest BCUT2D eigenvalue weighted by atomic mass is 35.5. The van der Waals surface area contributed by atoms with Crippen LogP contribution in [0.3, 0.4) is 0 Å². The molecule has 136 valence electrons. The van der Waals surface area contributed by atoms with Crippen molar-refractivity contribution in [3.05, 3.63) is 65.8 Å². The second kappa shape index (κ2) is 8.11. The Morgan fingerprint density at radius 2 is 1.89 bits per heavy atom. The molecule has 1 aromatic heterocycles. The average Bonchev–Trinajstić information content (AvgIpc) is 3.02. The van der Waals surface area contributed by atoms with E-state index in [1.807, 2.05) is 30.3 Å². The zero-order valence-corrected chi connectivity index (χ0v) is 16.0. The first-order valence-electron chi connectivity index (χ1n) is 8.77. The second-order valence-corrected chi connectivity index (χ2v) is 6.30. The largest absolute Gasteiger partial charge is 0.462 e. The lowest BCUT2D eigenvalue weighted by atomic mass is 10.1. The molecular formula is C22H19ClN2O2. The predicted molar refractivity (Wildman–Crippen MR) is 109 cm³/mol. The highest BCUT2D eigenvalue weighted by molar-refractivity contribution is 6.50. The molecular weight excluding hydrogens is 360 g/mol. The molecule has 3 aromatic rings. The highest BCUT2D eigenvalue weighted by Gasteiger charge is 2.14. The molecule has 0 unspecified atom stereocenters. The maximum absolute atomic E-state index is 11.8. The first-order chi connectivity index (χ1) is 13.1. The molecule has 0 spiro atoms. The van der Waals surface area contributed by atoms with Gasteiger partial charge in [0.2, 0.25) is 0 Å². The smallest absolute Gasteiger partial charge is 0.348 e. The lowest BCUT2D eigenvalue weighted by Crippen LogP contribution is -2.05. The number of aryl methyl sites for hydroxylation is 1. The van der Waals surface area contributed by atoms with Crippen LogP contribution in [0.2, 0.25) is 0 Å². The van der Waals surface area contributed by atoms with Crippen LogP contribution in [0, 0.1) is 11.3 Å². The number of aromatic nitrogens is 1. The van der Waals surface area contributed by atoms with Crippen LogP contribution in [-0.4, -0.2) is 17.1 Å². The minimum Gasteiger partial charge on any atom is -0.462 e. The molecule has 1 heterocycles. The summed E-state index contributed by atoms with van der Waals surface area (Å²) in [4.78, 5) is 11.8. The number of rotatable bonds is 5. The summed E-state index contributed by atoms with van der Waals surface area (Å²) >= 11 is 6.57. The number of carbonyl (C=O) groups excluding carboxylic acids is 1. The number of hydrogen-bond acceptors (Lipinski definition) is 3. The highest BCUT2D eigenvalue weighted by Crippen LogP contribution is 2.35. The Bertz CT molecular complexity index is 1120. The fraction of sp³-hybridized carbons (Fsp3) is 0.182. The zero-order valence-electron chi connectivity index (χ0n) is 15.2. The van der Waals surface area contributed by atoms with E-state index < -0.39 is 5.97 Å². The molecule has 2 aromatic carbocycles. The van der Waals surface area contributed by atoms with Crippen LogP contribution < -0.4 is 0 Å². The molecule has 5 heteroatoms. The number of halogens is 1. The summed E-state index contributed by atoms with van der Waals surface area (Å²) in [6, 6.07) is 16.1. The maximum Gasteiger partial charge on any atom is 0.348 e. The van der Waals surface area contributed by atoms with Crippen molar-refractivity contribution in [3.63, 3.8) is 0 Å². The van der Waals surface area contributed by atoms with Gasteiger partial charge in [0.15, 0.2) is 0 Å². The fourth-order valence-electron chi connectivity index (χ4n) is 3.24. The SMILES string of the molecule is CCOC(=O)C(C#N)=CC=C(Cl)c1cccc2c3ccccc3n(CC)c12. The summed E-state index contributed by atoms with van der Waals surface area (Å²) in [5, 5.41) is 11.9. The molecule has 0 bridgehead atoms. The first kappa shape index (κ1) is 18.8. The van der Waals surface area contributed by atoms with Crippen LogP contribution in [-0.2, 0) is 16.1 Å². The van der Waals surface area contributed by atoms with Gasteiger partial charge in [0.25, 0.3) is 0 Å². The Labute approximate surface area is 162 Å². The van der Waals surface area contributed by atoms with Gasteiger partial charge in [-0.3, -0.25) is 0 Å². The third kappa shape index (κ3) is 3.47. The number of allylic oxidation sites excluding steroid dienone is 2. The van der Waals surface area contributed by atoms with Crippen molar-refractivity contribution in [2.45, 2.75) is 20.4 Å². The number of hydrogen-bond donors (Lipinski definition) is 0. The summed E-state index contributed by atoms with van der Waals surface area (Å²) < 4.78 is 7.09. The third-order valence-corrected chi connectivity index (χ3v) is 4.71. The van der Waals surface area contributed by atoms with Crippen molar-refractivity contribution in [1.82, 2.24) is 4.57 Å². The summed E-state index contributed by atoms with van der Waals surface area (Å²) in [5.74, 6) is -0.651. The maximum atomic E-state index is 11.8. The van der Waals surface area contributed by atoms with E-state index in [-0.39, 0.29) is 12.2 Å². The van der Waals surface area contributed by atoms with E-state index in [1.165, 1.54) is 11.5 Å². The summed E-state index contributed by atoms with van der Waals surface area (Å²) in [7, 11) is 0. The molecule has 0 amide bonds. The van der Waals surface area contributed by atoms with Crippen molar-refractivity contribution >= 4 is 44.4 Å². The molecule has 0 aliphatic rings. The number of nitriles is 1. The van der Waals surface area contributed by atoms with E-state index in [0.29, 0.717) is 5.03 Å². The number of carbonyl (C=O) groups is 1. The van der Waals surface area contributed by atoms with E-state index in [4.69, 9.17) is 21.6 Å². The van der Waals surface area contributed by atoms with Crippen LogP contribution in [0.25, 0.3) is 26.8 Å². The molecule has 0 aliphatic carbocycles. The summed E-state index contributed by atoms with van der Waals surface area (Å²) in [5.41, 5.74) is 2.94. The molecule has 27 heavy (non-hydrogen) atoms. The molecule has 0 aliphatic heterocycles. The molecule has 0 saturated heterocycles. The predicted octanol–water partition coefficient (Wildman–Crippen LogP) is 5.41. The summed E-state index contributed by atoms with van der Waals surface area (Å²) in [6.07, 6.45) is 2.97. The quantitative estimate of drug-likeness (QED) is 0.258. The Hall–Kier alpha value is -3.03. The molecule has 0 atom stereocenters. The minimum atomic E-state index is -0.651. The Balaban J connectivity index is 2.17. The summed E-state index contributed by atoms with van der Waals surface area (Å²) in [6.45, 7) is 4.80. The van der Waals surface area contributed by atoms with Gasteiger partial charge in [-0.2, -0.15) is 5.26 Å².